The summed E-state index contributed by atoms with van der Waals surface area (Å²) in [7, 11) is -6.01. The summed E-state index contributed by atoms with van der Waals surface area (Å²) in [6.45, 7) is 10.8. The van der Waals surface area contributed by atoms with Gasteiger partial charge >= 0.3 is 0 Å². The van der Waals surface area contributed by atoms with Crippen LogP contribution in [0.5, 0.6) is 0 Å². The van der Waals surface area contributed by atoms with Crippen LogP contribution in [0, 0.1) is 5.41 Å². The van der Waals surface area contributed by atoms with Gasteiger partial charge in [-0.2, -0.15) is 0 Å². The third-order valence-corrected chi connectivity index (χ3v) is 16.8. The van der Waals surface area contributed by atoms with E-state index in [4.69, 9.17) is 17.0 Å². The van der Waals surface area contributed by atoms with E-state index in [0.717, 1.165) is 10.0 Å². The van der Waals surface area contributed by atoms with Crippen LogP contribution in [0.4, 0.5) is 0 Å². The van der Waals surface area contributed by atoms with Crippen molar-refractivity contribution in [1.29, 1.82) is 5.41 Å². The molecule has 162 valence electrons. The highest BCUT2D eigenvalue weighted by molar-refractivity contribution is 9.10. The number of hydrogen-bond acceptors (Lipinski definition) is 3. The van der Waals surface area contributed by atoms with Gasteiger partial charge in [-0.25, -0.2) is 12.4 Å². The molecule has 0 aliphatic carbocycles. The van der Waals surface area contributed by atoms with Crippen LogP contribution >= 0.6 is 27.5 Å². The Kier molecular flexibility index (Phi) is 6.19. The summed E-state index contributed by atoms with van der Waals surface area (Å²) in [4.78, 5) is 0. The van der Waals surface area contributed by atoms with Crippen LogP contribution in [0.25, 0.3) is 0 Å². The molecule has 4 nitrogen and oxygen atoms in total. The molecule has 8 heteroatoms. The summed E-state index contributed by atoms with van der Waals surface area (Å²) in [5.74, 6) is 0. The quantitative estimate of drug-likeness (QED) is 0.377. The van der Waals surface area contributed by atoms with Gasteiger partial charge in [-0.05, 0) is 40.4 Å². The van der Waals surface area contributed by atoms with Crippen LogP contribution in [-0.2, 0) is 16.4 Å². The summed E-state index contributed by atoms with van der Waals surface area (Å²) in [5.41, 5.74) is 1.63. The lowest BCUT2D eigenvalue weighted by Crippen LogP contribution is -2.77. The molecular formula is C22H28BrClN2O2SSi. The molecule has 1 N–H and O–H groups in total. The van der Waals surface area contributed by atoms with Crippen LogP contribution in [-0.4, -0.2) is 37.6 Å². The zero-order valence-electron chi connectivity index (χ0n) is 18.0. The lowest BCUT2D eigenvalue weighted by molar-refractivity contribution is 0.392. The van der Waals surface area contributed by atoms with Gasteiger partial charge in [-0.3, -0.25) is 0 Å². The first-order valence-electron chi connectivity index (χ1n) is 9.84. The van der Waals surface area contributed by atoms with Gasteiger partial charge in [0.15, 0.2) is 0 Å². The SMILES string of the molecule is CC(C)(C)[Si](C)(C)N1CC(Cc2ccc(Br)cc2)(C(=N)c2ccc(Cl)cc2)S1(=O)=O. The first-order valence-corrected chi connectivity index (χ1v) is 15.4. The fourth-order valence-electron chi connectivity index (χ4n) is 3.67. The number of hydrogen-bond donors (Lipinski definition) is 1. The zero-order valence-corrected chi connectivity index (χ0v) is 22.1. The summed E-state index contributed by atoms with van der Waals surface area (Å²) < 4.78 is 29.2. The predicted octanol–water partition coefficient (Wildman–Crippen LogP) is 6.10. The highest BCUT2D eigenvalue weighted by atomic mass is 79.9. The van der Waals surface area contributed by atoms with Crippen molar-refractivity contribution >= 4 is 51.5 Å². The third kappa shape index (κ3) is 3.84. The molecule has 0 saturated carbocycles. The predicted molar refractivity (Wildman–Crippen MR) is 132 cm³/mol. The molecular weight excluding hydrogens is 500 g/mol. The Labute approximate surface area is 194 Å². The van der Waals surface area contributed by atoms with Gasteiger partial charge in [0.05, 0.1) is 5.71 Å². The Balaban J connectivity index is 2.09. The third-order valence-electron chi connectivity index (χ3n) is 6.63. The number of benzene rings is 2. The van der Waals surface area contributed by atoms with E-state index in [1.807, 2.05) is 24.3 Å². The van der Waals surface area contributed by atoms with Crippen molar-refractivity contribution in [2.24, 2.45) is 0 Å². The van der Waals surface area contributed by atoms with Crippen LogP contribution in [0.3, 0.4) is 0 Å². The van der Waals surface area contributed by atoms with E-state index in [9.17, 15) is 8.42 Å². The van der Waals surface area contributed by atoms with Gasteiger partial charge in [-0.15, -0.1) is 0 Å². The minimum Gasteiger partial charge on any atom is -0.303 e. The number of halogens is 2. The molecule has 1 unspecified atom stereocenters. The maximum atomic E-state index is 13.9. The van der Waals surface area contributed by atoms with Gasteiger partial charge in [0.1, 0.15) is 13.0 Å². The van der Waals surface area contributed by atoms with Crippen molar-refractivity contribution in [3.8, 4) is 0 Å². The smallest absolute Gasteiger partial charge is 0.221 e. The minimum atomic E-state index is -3.71. The molecule has 0 spiro atoms. The topological polar surface area (TPSA) is 61.2 Å². The lowest BCUT2D eigenvalue weighted by Gasteiger charge is -2.58. The molecule has 30 heavy (non-hydrogen) atoms. The Hall–Kier alpha value is -0.993. The molecule has 1 saturated heterocycles. The lowest BCUT2D eigenvalue weighted by atomic mass is 9.89. The van der Waals surface area contributed by atoms with Crippen LogP contribution in [0.15, 0.2) is 53.0 Å². The van der Waals surface area contributed by atoms with Gasteiger partial charge in [0.2, 0.25) is 10.0 Å². The molecule has 0 amide bonds. The van der Waals surface area contributed by atoms with Gasteiger partial charge < -0.3 is 5.41 Å². The normalized spacial score (nSPS) is 21.8. The Bertz CT molecular complexity index is 1060. The molecule has 0 bridgehead atoms. The standard InChI is InChI=1S/C22H28BrClN2O2SSi/c1-21(2,3)30(4,5)26-15-22(29(26,27)28,14-16-6-10-18(23)11-7-16)20(25)17-8-12-19(24)13-9-17/h6-13,25H,14-15H2,1-5H3. The van der Waals surface area contributed by atoms with E-state index in [1.54, 1.807) is 28.2 Å². The molecule has 3 rings (SSSR count). The van der Waals surface area contributed by atoms with Crippen molar-refractivity contribution in [1.82, 2.24) is 3.97 Å². The molecule has 1 fully saturated rings. The zero-order chi connectivity index (χ0) is 22.5. The Morgan fingerprint density at radius 3 is 2.13 bits per heavy atom. The van der Waals surface area contributed by atoms with Crippen molar-refractivity contribution < 1.29 is 8.42 Å². The fourth-order valence-corrected chi connectivity index (χ4v) is 11.0. The molecule has 1 aliphatic rings. The Morgan fingerprint density at radius 1 is 1.13 bits per heavy atom. The minimum absolute atomic E-state index is 0.119. The average Bonchev–Trinajstić information content (AvgIpc) is 2.65. The summed E-state index contributed by atoms with van der Waals surface area (Å²) >= 11 is 9.45. The maximum absolute atomic E-state index is 13.9. The molecule has 1 heterocycles. The summed E-state index contributed by atoms with van der Waals surface area (Å²) in [5, 5.41) is 9.40. The number of nitrogens with one attached hydrogen (secondary N) is 1. The maximum Gasteiger partial charge on any atom is 0.221 e. The van der Waals surface area contributed by atoms with Crippen LogP contribution < -0.4 is 0 Å². The van der Waals surface area contributed by atoms with Gasteiger partial charge in [-0.1, -0.05) is 85.7 Å². The second-order valence-corrected chi connectivity index (χ2v) is 18.5. The highest BCUT2D eigenvalue weighted by Gasteiger charge is 2.66. The van der Waals surface area contributed by atoms with Crippen molar-refractivity contribution in [2.45, 2.75) is 50.1 Å². The molecule has 0 aromatic heterocycles. The molecule has 1 atom stereocenters. The van der Waals surface area contributed by atoms with E-state index in [2.05, 4.69) is 49.8 Å². The Morgan fingerprint density at radius 2 is 1.67 bits per heavy atom. The second-order valence-electron chi connectivity index (χ2n) is 9.50. The van der Waals surface area contributed by atoms with Crippen molar-refractivity contribution in [3.63, 3.8) is 0 Å². The van der Waals surface area contributed by atoms with Crippen LogP contribution in [0.1, 0.15) is 31.9 Å². The van der Waals surface area contributed by atoms with E-state index in [0.29, 0.717) is 17.1 Å². The highest BCUT2D eigenvalue weighted by Crippen LogP contribution is 2.49. The fraction of sp³-hybridized carbons (Fsp3) is 0.409. The van der Waals surface area contributed by atoms with E-state index < -0.39 is 23.0 Å². The molecule has 1 aliphatic heterocycles. The average molecular weight is 528 g/mol. The largest absolute Gasteiger partial charge is 0.303 e. The second kappa shape index (κ2) is 7.85. The molecule has 2 aromatic rings. The summed E-state index contributed by atoms with van der Waals surface area (Å²) in [6.07, 6.45) is 0.273. The first kappa shape index (κ1) is 23.7. The van der Waals surface area contributed by atoms with Crippen molar-refractivity contribution in [2.75, 3.05) is 6.54 Å². The van der Waals surface area contributed by atoms with E-state index >= 15 is 0 Å². The summed E-state index contributed by atoms with van der Waals surface area (Å²) in [6, 6.07) is 14.5. The van der Waals surface area contributed by atoms with E-state index in [1.165, 1.54) is 0 Å². The van der Waals surface area contributed by atoms with Gasteiger partial charge in [0.25, 0.3) is 0 Å². The number of nitrogens with zero attached hydrogens (tertiary/aromatic N) is 1. The van der Waals surface area contributed by atoms with Crippen LogP contribution in [0.2, 0.25) is 23.2 Å². The number of sulfonamides is 1. The monoisotopic (exact) mass is 526 g/mol. The first-order chi connectivity index (χ1) is 13.7. The molecule has 0 radical (unpaired) electrons. The van der Waals surface area contributed by atoms with Crippen molar-refractivity contribution in [3.05, 3.63) is 69.2 Å². The van der Waals surface area contributed by atoms with Gasteiger partial charge in [0, 0.05) is 22.5 Å². The molecule has 2 aromatic carbocycles. The number of rotatable bonds is 5. The van der Waals surface area contributed by atoms with E-state index in [-0.39, 0.29) is 17.2 Å².